The molecule has 2 N–H and O–H groups in total. The van der Waals surface area contributed by atoms with Crippen LogP contribution in [0, 0.1) is 5.92 Å². The van der Waals surface area contributed by atoms with E-state index in [-0.39, 0.29) is 30.0 Å². The van der Waals surface area contributed by atoms with Crippen molar-refractivity contribution in [3.8, 4) is 5.75 Å². The fourth-order valence-electron chi connectivity index (χ4n) is 2.65. The lowest BCUT2D eigenvalue weighted by Gasteiger charge is -2.30. The molecule has 0 saturated carbocycles. The lowest BCUT2D eigenvalue weighted by molar-refractivity contribution is -0.133. The SMILES string of the molecule is CC1CCN(C(=O)CCOc2ccc(C=O)c(B(O)O)c2)CC1. The predicted octanol–water partition coefficient (Wildman–Crippen LogP) is 0.206. The quantitative estimate of drug-likeness (QED) is 0.578. The molecule has 0 spiro atoms. The van der Waals surface area contributed by atoms with Crippen LogP contribution in [0.3, 0.4) is 0 Å². The second-order valence-corrected chi connectivity index (χ2v) is 5.94. The Morgan fingerprint density at radius 1 is 1.39 bits per heavy atom. The van der Waals surface area contributed by atoms with Crippen LogP contribution >= 0.6 is 0 Å². The van der Waals surface area contributed by atoms with Crippen molar-refractivity contribution in [2.24, 2.45) is 5.92 Å². The Hall–Kier alpha value is -1.86. The largest absolute Gasteiger partial charge is 0.493 e. The molecule has 1 amide bonds. The van der Waals surface area contributed by atoms with E-state index in [4.69, 9.17) is 4.74 Å². The molecule has 7 heteroatoms. The Bertz CT molecular complexity index is 555. The highest BCUT2D eigenvalue weighted by Crippen LogP contribution is 2.17. The maximum absolute atomic E-state index is 12.1. The molecule has 0 bridgehead atoms. The van der Waals surface area contributed by atoms with Gasteiger partial charge in [0.2, 0.25) is 5.91 Å². The molecule has 124 valence electrons. The van der Waals surface area contributed by atoms with Gasteiger partial charge in [0.15, 0.2) is 0 Å². The molecular formula is C16H22BNO5. The van der Waals surface area contributed by atoms with Crippen LogP contribution in [0.1, 0.15) is 36.5 Å². The lowest BCUT2D eigenvalue weighted by atomic mass is 9.77. The molecule has 1 saturated heterocycles. The summed E-state index contributed by atoms with van der Waals surface area (Å²) in [6, 6.07) is 4.44. The number of carbonyl (C=O) groups excluding carboxylic acids is 2. The number of nitrogens with zero attached hydrogens (tertiary/aromatic N) is 1. The number of rotatable bonds is 6. The summed E-state index contributed by atoms with van der Waals surface area (Å²) < 4.78 is 5.49. The van der Waals surface area contributed by atoms with Crippen LogP contribution < -0.4 is 10.2 Å². The maximum Gasteiger partial charge on any atom is 0.489 e. The number of hydrogen-bond acceptors (Lipinski definition) is 5. The van der Waals surface area contributed by atoms with Crippen LogP contribution in [0.4, 0.5) is 0 Å². The first-order valence-corrected chi connectivity index (χ1v) is 7.87. The predicted molar refractivity (Wildman–Crippen MR) is 86.7 cm³/mol. The third kappa shape index (κ3) is 4.81. The Balaban J connectivity index is 1.85. The van der Waals surface area contributed by atoms with Gasteiger partial charge in [-0.3, -0.25) is 9.59 Å². The van der Waals surface area contributed by atoms with Gasteiger partial charge in [0.25, 0.3) is 0 Å². The summed E-state index contributed by atoms with van der Waals surface area (Å²) in [7, 11) is -1.74. The number of amides is 1. The van der Waals surface area contributed by atoms with Gasteiger partial charge in [-0.05, 0) is 42.4 Å². The van der Waals surface area contributed by atoms with Gasteiger partial charge in [-0.2, -0.15) is 0 Å². The first kappa shape index (κ1) is 17.5. The lowest BCUT2D eigenvalue weighted by Crippen LogP contribution is -2.38. The highest BCUT2D eigenvalue weighted by Gasteiger charge is 2.20. The number of hydrogen-bond donors (Lipinski definition) is 2. The van der Waals surface area contributed by atoms with Gasteiger partial charge in [-0.1, -0.05) is 6.92 Å². The molecule has 1 fully saturated rings. The molecule has 0 aromatic heterocycles. The molecule has 1 aromatic carbocycles. The van der Waals surface area contributed by atoms with Gasteiger partial charge in [0.1, 0.15) is 12.0 Å². The molecule has 1 aliphatic heterocycles. The zero-order valence-corrected chi connectivity index (χ0v) is 13.3. The molecule has 0 unspecified atom stereocenters. The van der Waals surface area contributed by atoms with Crippen LogP contribution in [0.2, 0.25) is 0 Å². The maximum atomic E-state index is 12.1. The number of likely N-dealkylation sites (tertiary alicyclic amines) is 1. The minimum Gasteiger partial charge on any atom is -0.493 e. The smallest absolute Gasteiger partial charge is 0.489 e. The number of aldehydes is 1. The van der Waals surface area contributed by atoms with E-state index in [1.807, 2.05) is 4.90 Å². The Morgan fingerprint density at radius 3 is 2.70 bits per heavy atom. The number of carbonyl (C=O) groups is 2. The molecule has 6 nitrogen and oxygen atoms in total. The molecule has 0 atom stereocenters. The minimum atomic E-state index is -1.74. The van der Waals surface area contributed by atoms with Gasteiger partial charge in [-0.25, -0.2) is 0 Å². The zero-order chi connectivity index (χ0) is 16.8. The first-order chi connectivity index (χ1) is 11.0. The van der Waals surface area contributed by atoms with Crippen molar-refractivity contribution in [1.82, 2.24) is 4.90 Å². The van der Waals surface area contributed by atoms with Crippen molar-refractivity contribution < 1.29 is 24.4 Å². The summed E-state index contributed by atoms with van der Waals surface area (Å²) in [5.41, 5.74) is 0.291. The zero-order valence-electron chi connectivity index (χ0n) is 13.3. The monoisotopic (exact) mass is 319 g/mol. The van der Waals surface area contributed by atoms with E-state index in [0.29, 0.717) is 18.0 Å². The average molecular weight is 319 g/mol. The van der Waals surface area contributed by atoms with Gasteiger partial charge >= 0.3 is 7.12 Å². The van der Waals surface area contributed by atoms with Crippen LogP contribution in [0.5, 0.6) is 5.75 Å². The summed E-state index contributed by atoms with van der Waals surface area (Å²) in [5.74, 6) is 1.15. The molecule has 1 aliphatic rings. The molecule has 0 radical (unpaired) electrons. The van der Waals surface area contributed by atoms with E-state index in [9.17, 15) is 19.6 Å². The van der Waals surface area contributed by atoms with E-state index in [0.717, 1.165) is 25.9 Å². The molecule has 1 heterocycles. The van der Waals surface area contributed by atoms with Crippen molar-refractivity contribution in [2.75, 3.05) is 19.7 Å². The minimum absolute atomic E-state index is 0.0730. The van der Waals surface area contributed by atoms with Crippen LogP contribution in [-0.2, 0) is 4.79 Å². The summed E-state index contributed by atoms with van der Waals surface area (Å²) in [4.78, 5) is 24.8. The summed E-state index contributed by atoms with van der Waals surface area (Å²) in [5, 5.41) is 18.5. The van der Waals surface area contributed by atoms with Gasteiger partial charge in [0, 0.05) is 18.7 Å². The number of piperidine rings is 1. The normalized spacial score (nSPS) is 15.3. The van der Waals surface area contributed by atoms with Gasteiger partial charge in [-0.15, -0.1) is 0 Å². The summed E-state index contributed by atoms with van der Waals surface area (Å²) in [6.07, 6.45) is 2.91. The fraction of sp³-hybridized carbons (Fsp3) is 0.500. The van der Waals surface area contributed by atoms with E-state index in [2.05, 4.69) is 6.92 Å². The van der Waals surface area contributed by atoms with Crippen LogP contribution in [0.15, 0.2) is 18.2 Å². The van der Waals surface area contributed by atoms with E-state index in [1.54, 1.807) is 6.07 Å². The highest BCUT2D eigenvalue weighted by atomic mass is 16.5. The number of benzene rings is 1. The van der Waals surface area contributed by atoms with Gasteiger partial charge in [0.05, 0.1) is 13.0 Å². The van der Waals surface area contributed by atoms with E-state index >= 15 is 0 Å². The Kier molecular flexibility index (Phi) is 6.18. The third-order valence-electron chi connectivity index (χ3n) is 4.18. The number of ether oxygens (including phenoxy) is 1. The van der Waals surface area contributed by atoms with Crippen molar-refractivity contribution in [1.29, 1.82) is 0 Å². The molecule has 23 heavy (non-hydrogen) atoms. The molecular weight excluding hydrogens is 297 g/mol. The second-order valence-electron chi connectivity index (χ2n) is 5.94. The van der Waals surface area contributed by atoms with E-state index in [1.165, 1.54) is 12.1 Å². The Labute approximate surface area is 136 Å². The molecule has 0 aliphatic carbocycles. The summed E-state index contributed by atoms with van der Waals surface area (Å²) in [6.45, 7) is 4.01. The van der Waals surface area contributed by atoms with Crippen molar-refractivity contribution >= 4 is 24.8 Å². The standard InChI is InChI=1S/C16H22BNO5/c1-12-4-7-18(8-5-12)16(20)6-9-23-14-3-2-13(11-19)15(10-14)17(21)22/h2-3,10-12,21-22H,4-9H2,1H3. The van der Waals surface area contributed by atoms with Gasteiger partial charge < -0.3 is 19.7 Å². The second kappa shape index (κ2) is 8.13. The van der Waals surface area contributed by atoms with Crippen molar-refractivity contribution in [3.63, 3.8) is 0 Å². The van der Waals surface area contributed by atoms with Crippen molar-refractivity contribution in [3.05, 3.63) is 23.8 Å². The average Bonchev–Trinajstić information content (AvgIpc) is 2.55. The van der Waals surface area contributed by atoms with Crippen molar-refractivity contribution in [2.45, 2.75) is 26.2 Å². The summed E-state index contributed by atoms with van der Waals surface area (Å²) >= 11 is 0. The molecule has 1 aromatic rings. The van der Waals surface area contributed by atoms with Crippen LogP contribution in [0.25, 0.3) is 0 Å². The van der Waals surface area contributed by atoms with E-state index < -0.39 is 7.12 Å². The third-order valence-corrected chi connectivity index (χ3v) is 4.18. The topological polar surface area (TPSA) is 87.1 Å². The Morgan fingerprint density at radius 2 is 2.09 bits per heavy atom. The highest BCUT2D eigenvalue weighted by molar-refractivity contribution is 6.60. The fourth-order valence-corrected chi connectivity index (χ4v) is 2.65. The van der Waals surface area contributed by atoms with Crippen LogP contribution in [-0.4, -0.2) is 54.0 Å². The molecule has 2 rings (SSSR count). The first-order valence-electron chi connectivity index (χ1n) is 7.87.